The van der Waals surface area contributed by atoms with Crippen molar-refractivity contribution in [1.29, 1.82) is 0 Å². The SMILES string of the molecule is Cc1ccccc1N1c2ccccc2C(C)(C)C1C.Cc1ccccc1N1c2ncccc2C(C)(C)C1C.[2H]C([2H])([2H])C1(C)C(C)N(c2c(C)ccc3c2oc2ccccc23)C(C)(C)C1([2H])[2H].[2H]C1([2H])C2(CCCCC2)C(C)N(c2c(C)ccc3c2oc2ccccc23)C1(C)C. The lowest BCUT2D eigenvalue weighted by Gasteiger charge is -2.41. The second kappa shape index (κ2) is 22.8. The highest BCUT2D eigenvalue weighted by Crippen LogP contribution is 2.58. The molecule has 0 N–H and O–H groups in total. The van der Waals surface area contributed by atoms with E-state index in [0.29, 0.717) is 17.7 Å². The standard InChI is InChI=1S/C25H31NO.C22H27NO.C18H21N.C17H20N2/c1-17-12-13-20-19-10-6-7-11-21(19)27-23(20)22(17)26-18(2)25(16-24(26,3)4)14-8-5-9-15-25;1-14-11-12-17-16-9-7-8-10-18(16)24-20(17)19(14)23-15(2)21(3,4)13-22(23,5)6;1-13-9-5-7-11-16(13)19-14(2)18(3,4)15-10-6-8-12-17(15)19;1-12-8-5-6-10-15(12)19-13(2)17(3,4)14-9-7-11-18-16(14)19/h6-7,10-13,18H,5,8-9,14-16H2,1-4H3;7-12,15H,13H2,1-6H3;5-12,14H,1-4H3;5-11,13H,1-4H3/i16D2;3D3,13D2;;. The molecule has 464 valence electrons. The number of nitrogens with zero attached hydrogens (tertiary/aromatic N) is 5. The second-order valence-electron chi connectivity index (χ2n) is 28.8. The molecule has 1 saturated carbocycles. The average molecular weight is 1190 g/mol. The van der Waals surface area contributed by atoms with Crippen molar-refractivity contribution in [3.05, 3.63) is 197 Å². The fourth-order valence-corrected chi connectivity index (χ4v) is 16.2. The van der Waals surface area contributed by atoms with Crippen molar-refractivity contribution < 1.29 is 18.4 Å². The van der Waals surface area contributed by atoms with E-state index >= 15 is 0 Å². The van der Waals surface area contributed by atoms with E-state index in [0.717, 1.165) is 92.3 Å². The monoisotopic (exact) mass is 1190 g/mol. The van der Waals surface area contributed by atoms with Gasteiger partial charge in [0.1, 0.15) is 17.0 Å². The zero-order chi connectivity index (χ0) is 69.4. The van der Waals surface area contributed by atoms with Crippen molar-refractivity contribution in [2.24, 2.45) is 10.8 Å². The van der Waals surface area contributed by atoms with Crippen LogP contribution < -0.4 is 19.6 Å². The van der Waals surface area contributed by atoms with Crippen LogP contribution in [0.25, 0.3) is 43.9 Å². The molecule has 5 atom stereocenters. The van der Waals surface area contributed by atoms with Crippen LogP contribution in [-0.2, 0) is 10.8 Å². The third-order valence-electron chi connectivity index (χ3n) is 21.6. The maximum absolute atomic E-state index is 9.32. The third kappa shape index (κ3) is 10.4. The first-order chi connectivity index (χ1) is 45.1. The van der Waals surface area contributed by atoms with Crippen LogP contribution in [0, 0.1) is 38.5 Å². The van der Waals surface area contributed by atoms with Crippen LogP contribution in [0.5, 0.6) is 0 Å². The molecule has 1 aliphatic carbocycles. The molecule has 89 heavy (non-hydrogen) atoms. The van der Waals surface area contributed by atoms with Crippen molar-refractivity contribution >= 4 is 78.1 Å². The van der Waals surface area contributed by atoms with E-state index in [4.69, 9.17) is 15.7 Å². The molecule has 2 saturated heterocycles. The summed E-state index contributed by atoms with van der Waals surface area (Å²) in [6.45, 7) is 33.3. The molecule has 3 aromatic heterocycles. The van der Waals surface area contributed by atoms with Crippen LogP contribution in [0.15, 0.2) is 173 Å². The minimum absolute atomic E-state index is 0.116. The first kappa shape index (κ1) is 53.3. The Balaban J connectivity index is 0.000000125. The lowest BCUT2D eigenvalue weighted by atomic mass is 9.68. The Kier molecular flexibility index (Phi) is 13.6. The highest BCUT2D eigenvalue weighted by Gasteiger charge is 2.55. The lowest BCUT2D eigenvalue weighted by Crippen LogP contribution is -2.44. The number of fused-ring (bicyclic) bond motifs is 8. The van der Waals surface area contributed by atoms with Crippen LogP contribution in [0.1, 0.15) is 185 Å². The summed E-state index contributed by atoms with van der Waals surface area (Å²) in [5, 5.41) is 4.19. The van der Waals surface area contributed by atoms with Crippen molar-refractivity contribution in [3.8, 4) is 0 Å². The van der Waals surface area contributed by atoms with E-state index in [9.17, 15) is 2.74 Å². The molecule has 7 nitrogen and oxygen atoms in total. The molecule has 4 aliphatic heterocycles. The van der Waals surface area contributed by atoms with Gasteiger partial charge in [0.15, 0.2) is 11.2 Å². The summed E-state index contributed by atoms with van der Waals surface area (Å²) in [5.41, 5.74) is 13.3. The molecule has 7 heterocycles. The van der Waals surface area contributed by atoms with Crippen molar-refractivity contribution in [3.63, 3.8) is 0 Å². The van der Waals surface area contributed by atoms with Crippen LogP contribution in [0.3, 0.4) is 0 Å². The van der Waals surface area contributed by atoms with Crippen LogP contribution >= 0.6 is 0 Å². The van der Waals surface area contributed by atoms with Gasteiger partial charge < -0.3 is 28.4 Å². The zero-order valence-corrected chi connectivity index (χ0v) is 56.0. The first-order valence-corrected chi connectivity index (χ1v) is 32.7. The smallest absolute Gasteiger partial charge is 0.158 e. The van der Waals surface area contributed by atoms with Gasteiger partial charge in [-0.25, -0.2) is 4.98 Å². The van der Waals surface area contributed by atoms with Crippen molar-refractivity contribution in [1.82, 2.24) is 4.98 Å². The summed E-state index contributed by atoms with van der Waals surface area (Å²) in [6, 6.07) is 55.0. The molecule has 7 heteroatoms. The Morgan fingerprint density at radius 1 is 0.438 bits per heavy atom. The van der Waals surface area contributed by atoms with Crippen LogP contribution in [0.4, 0.5) is 34.3 Å². The molecule has 3 fully saturated rings. The topological polar surface area (TPSA) is 52.1 Å². The van der Waals surface area contributed by atoms with Gasteiger partial charge in [0, 0.05) is 106 Å². The number of rotatable bonds is 4. The minimum Gasteiger partial charge on any atom is -0.454 e. The minimum atomic E-state index is -2.46. The van der Waals surface area contributed by atoms with Gasteiger partial charge in [-0.3, -0.25) is 0 Å². The van der Waals surface area contributed by atoms with E-state index < -0.39 is 42.1 Å². The molecule has 0 amide bonds. The van der Waals surface area contributed by atoms with Gasteiger partial charge in [-0.15, -0.1) is 0 Å². The summed E-state index contributed by atoms with van der Waals surface area (Å²) in [7, 11) is 0. The Hall–Kier alpha value is -7.51. The van der Waals surface area contributed by atoms with Gasteiger partial charge in [-0.05, 0) is 184 Å². The molecule has 7 aromatic carbocycles. The Morgan fingerprint density at radius 2 is 0.888 bits per heavy atom. The highest BCUT2D eigenvalue weighted by atomic mass is 16.3. The summed E-state index contributed by atoms with van der Waals surface area (Å²) in [4.78, 5) is 13.8. The number of anilines is 6. The zero-order valence-electron chi connectivity index (χ0n) is 63.0. The average Bonchev–Trinajstić information content (AvgIpc) is 1.52. The highest BCUT2D eigenvalue weighted by molar-refractivity contribution is 6.11. The summed E-state index contributed by atoms with van der Waals surface area (Å²) in [6.07, 6.45) is 4.06. The van der Waals surface area contributed by atoms with Gasteiger partial charge in [-0.1, -0.05) is 182 Å². The fourth-order valence-electron chi connectivity index (χ4n) is 16.2. The van der Waals surface area contributed by atoms with Crippen molar-refractivity contribution in [2.75, 3.05) is 19.6 Å². The molecule has 15 rings (SSSR count). The Bertz CT molecular complexity index is 4460. The molecule has 5 aliphatic rings. The van der Waals surface area contributed by atoms with E-state index in [1.54, 1.807) is 20.8 Å². The third-order valence-corrected chi connectivity index (χ3v) is 21.6. The van der Waals surface area contributed by atoms with Gasteiger partial charge in [0.2, 0.25) is 0 Å². The molecular weight excluding hydrogens is 1090 g/mol. The van der Waals surface area contributed by atoms with E-state index in [1.165, 1.54) is 45.7 Å². The maximum Gasteiger partial charge on any atom is 0.158 e. The molecule has 0 bridgehead atoms. The predicted molar refractivity (Wildman–Crippen MR) is 380 cm³/mol. The Morgan fingerprint density at radius 3 is 1.43 bits per heavy atom. The fraction of sp³-hybridized carbons (Fsp3) is 0.427. The van der Waals surface area contributed by atoms with Gasteiger partial charge in [0.25, 0.3) is 0 Å². The van der Waals surface area contributed by atoms with Crippen molar-refractivity contribution in [2.45, 2.75) is 215 Å². The van der Waals surface area contributed by atoms with E-state index in [2.05, 4.69) is 206 Å². The number of hydrogen-bond acceptors (Lipinski definition) is 7. The Labute approximate surface area is 542 Å². The molecule has 5 unspecified atom stereocenters. The number of hydrogen-bond donors (Lipinski definition) is 0. The van der Waals surface area contributed by atoms with Crippen LogP contribution in [0.2, 0.25) is 0 Å². The number of furan rings is 2. The molecular formula is C82H99N5O2. The summed E-state index contributed by atoms with van der Waals surface area (Å²) >= 11 is 0. The number of para-hydroxylation sites is 5. The summed E-state index contributed by atoms with van der Waals surface area (Å²) in [5.74, 6) is 1.11. The van der Waals surface area contributed by atoms with Gasteiger partial charge in [-0.2, -0.15) is 0 Å². The molecule has 0 radical (unpaired) electrons. The number of benzene rings is 7. The number of aromatic nitrogens is 1. The molecule has 10 aromatic rings. The summed E-state index contributed by atoms with van der Waals surface area (Å²) < 4.78 is 73.7. The number of pyridine rings is 1. The van der Waals surface area contributed by atoms with E-state index in [-0.39, 0.29) is 22.3 Å². The maximum atomic E-state index is 9.32. The number of aryl methyl sites for hydroxylation is 4. The second-order valence-corrected chi connectivity index (χ2v) is 28.8. The quantitative estimate of drug-likeness (QED) is 0.174. The van der Waals surface area contributed by atoms with Crippen LogP contribution in [-0.4, -0.2) is 40.2 Å². The predicted octanol–water partition coefficient (Wildman–Crippen LogP) is 22.5. The van der Waals surface area contributed by atoms with Gasteiger partial charge >= 0.3 is 0 Å². The van der Waals surface area contributed by atoms with Gasteiger partial charge in [0.05, 0.1) is 11.4 Å². The largest absolute Gasteiger partial charge is 0.454 e. The molecule has 1 spiro atoms. The lowest BCUT2D eigenvalue weighted by molar-refractivity contribution is 0.170. The van der Waals surface area contributed by atoms with E-state index in [1.807, 2.05) is 79.5 Å². The first-order valence-electron chi connectivity index (χ1n) is 36.2. The normalized spacial score (nSPS) is 25.7.